The van der Waals surface area contributed by atoms with Gasteiger partial charge in [-0.25, -0.2) is 4.79 Å². The molecule has 0 aliphatic heterocycles. The fourth-order valence-electron chi connectivity index (χ4n) is 1.97. The molecule has 3 nitrogen and oxygen atoms in total. The first-order valence-corrected chi connectivity index (χ1v) is 5.15. The average Bonchev–Trinajstić information content (AvgIpc) is 2.51. The van der Waals surface area contributed by atoms with E-state index in [0.29, 0.717) is 12.6 Å². The third-order valence-corrected chi connectivity index (χ3v) is 2.86. The van der Waals surface area contributed by atoms with Crippen molar-refractivity contribution in [1.29, 1.82) is 0 Å². The molecule has 1 fully saturated rings. The molecule has 76 valence electrons. The Morgan fingerprint density at radius 2 is 2.23 bits per heavy atom. The first-order valence-electron chi connectivity index (χ1n) is 5.15. The maximum Gasteiger partial charge on any atom is 0.317 e. The predicted molar refractivity (Wildman–Crippen MR) is 53.6 cm³/mol. The topological polar surface area (TPSA) is 32.3 Å². The van der Waals surface area contributed by atoms with Crippen LogP contribution in [0.3, 0.4) is 0 Å². The summed E-state index contributed by atoms with van der Waals surface area (Å²) in [4.78, 5) is 13.3. The fourth-order valence-corrected chi connectivity index (χ4v) is 1.97. The van der Waals surface area contributed by atoms with Crippen LogP contribution in [-0.4, -0.2) is 30.6 Å². The lowest BCUT2D eigenvalue weighted by Crippen LogP contribution is -2.42. The van der Waals surface area contributed by atoms with Crippen LogP contribution in [0.25, 0.3) is 0 Å². The third kappa shape index (κ3) is 2.61. The van der Waals surface area contributed by atoms with Crippen molar-refractivity contribution in [1.82, 2.24) is 10.2 Å². The molecule has 0 radical (unpaired) electrons. The molecular weight excluding hydrogens is 164 g/mol. The van der Waals surface area contributed by atoms with Crippen molar-refractivity contribution in [2.75, 3.05) is 13.6 Å². The highest BCUT2D eigenvalue weighted by Crippen LogP contribution is 2.27. The van der Waals surface area contributed by atoms with Gasteiger partial charge in [-0.05, 0) is 32.1 Å². The Kier molecular flexibility index (Phi) is 3.58. The van der Waals surface area contributed by atoms with E-state index in [1.807, 2.05) is 18.9 Å². The SMILES string of the molecule is CCNC(=O)N(C)C1CCC(C)C1. The van der Waals surface area contributed by atoms with Crippen molar-refractivity contribution in [3.63, 3.8) is 0 Å². The third-order valence-electron chi connectivity index (χ3n) is 2.86. The van der Waals surface area contributed by atoms with Crippen LogP contribution >= 0.6 is 0 Å². The van der Waals surface area contributed by atoms with Crippen molar-refractivity contribution in [2.45, 2.75) is 39.2 Å². The number of nitrogens with zero attached hydrogens (tertiary/aromatic N) is 1. The summed E-state index contributed by atoms with van der Waals surface area (Å²) in [5, 5.41) is 2.82. The molecule has 1 saturated carbocycles. The van der Waals surface area contributed by atoms with E-state index in [4.69, 9.17) is 0 Å². The Hall–Kier alpha value is -0.730. The first-order chi connectivity index (χ1) is 6.15. The van der Waals surface area contributed by atoms with Crippen LogP contribution in [0.4, 0.5) is 4.79 Å². The van der Waals surface area contributed by atoms with Gasteiger partial charge in [0, 0.05) is 19.6 Å². The zero-order chi connectivity index (χ0) is 9.84. The highest BCUT2D eigenvalue weighted by Gasteiger charge is 2.26. The van der Waals surface area contributed by atoms with E-state index in [9.17, 15) is 4.79 Å². The molecule has 1 aliphatic rings. The summed E-state index contributed by atoms with van der Waals surface area (Å²) < 4.78 is 0. The summed E-state index contributed by atoms with van der Waals surface area (Å²) in [6.07, 6.45) is 3.58. The van der Waals surface area contributed by atoms with Crippen LogP contribution in [0.5, 0.6) is 0 Å². The van der Waals surface area contributed by atoms with Crippen molar-refractivity contribution < 1.29 is 4.79 Å². The normalized spacial score (nSPS) is 27.3. The largest absolute Gasteiger partial charge is 0.338 e. The lowest BCUT2D eigenvalue weighted by molar-refractivity contribution is 0.190. The summed E-state index contributed by atoms with van der Waals surface area (Å²) in [7, 11) is 1.90. The molecule has 0 aromatic rings. The van der Waals surface area contributed by atoms with Gasteiger partial charge in [0.1, 0.15) is 0 Å². The van der Waals surface area contributed by atoms with Crippen LogP contribution in [-0.2, 0) is 0 Å². The zero-order valence-electron chi connectivity index (χ0n) is 8.84. The van der Waals surface area contributed by atoms with Gasteiger partial charge < -0.3 is 10.2 Å². The highest BCUT2D eigenvalue weighted by molar-refractivity contribution is 5.74. The number of carbonyl (C=O) groups is 1. The molecule has 0 spiro atoms. The second-order valence-electron chi connectivity index (χ2n) is 4.02. The summed E-state index contributed by atoms with van der Waals surface area (Å²) in [6.45, 7) is 4.92. The number of urea groups is 1. The van der Waals surface area contributed by atoms with Crippen molar-refractivity contribution >= 4 is 6.03 Å². The first kappa shape index (κ1) is 10.4. The summed E-state index contributed by atoms with van der Waals surface area (Å²) in [5.41, 5.74) is 0. The van der Waals surface area contributed by atoms with Gasteiger partial charge in [0.05, 0.1) is 0 Å². The van der Waals surface area contributed by atoms with E-state index in [2.05, 4.69) is 12.2 Å². The van der Waals surface area contributed by atoms with Gasteiger partial charge in [-0.3, -0.25) is 0 Å². The van der Waals surface area contributed by atoms with Crippen LogP contribution in [0, 0.1) is 5.92 Å². The molecule has 2 unspecified atom stereocenters. The zero-order valence-corrected chi connectivity index (χ0v) is 8.84. The van der Waals surface area contributed by atoms with Crippen LogP contribution in [0.1, 0.15) is 33.1 Å². The number of rotatable bonds is 2. The molecule has 0 bridgehead atoms. The van der Waals surface area contributed by atoms with Gasteiger partial charge in [0.25, 0.3) is 0 Å². The van der Waals surface area contributed by atoms with Gasteiger partial charge in [-0.1, -0.05) is 6.92 Å². The van der Waals surface area contributed by atoms with Crippen LogP contribution < -0.4 is 5.32 Å². The second kappa shape index (κ2) is 4.49. The molecule has 0 heterocycles. The molecule has 3 heteroatoms. The predicted octanol–water partition coefficient (Wildman–Crippen LogP) is 1.84. The minimum absolute atomic E-state index is 0.0709. The summed E-state index contributed by atoms with van der Waals surface area (Å²) in [6, 6.07) is 0.531. The summed E-state index contributed by atoms with van der Waals surface area (Å²) >= 11 is 0. The molecule has 13 heavy (non-hydrogen) atoms. The maximum absolute atomic E-state index is 11.5. The van der Waals surface area contributed by atoms with E-state index < -0.39 is 0 Å². The molecule has 1 N–H and O–H groups in total. The van der Waals surface area contributed by atoms with Crippen molar-refractivity contribution in [3.05, 3.63) is 0 Å². The molecule has 2 amide bonds. The highest BCUT2D eigenvalue weighted by atomic mass is 16.2. The number of hydrogen-bond donors (Lipinski definition) is 1. The number of hydrogen-bond acceptors (Lipinski definition) is 1. The molecule has 0 aromatic heterocycles. The van der Waals surface area contributed by atoms with Gasteiger partial charge in [-0.2, -0.15) is 0 Å². The lowest BCUT2D eigenvalue weighted by Gasteiger charge is -2.24. The molecule has 0 saturated heterocycles. The van der Waals surface area contributed by atoms with Gasteiger partial charge in [0.15, 0.2) is 0 Å². The quantitative estimate of drug-likeness (QED) is 0.697. The monoisotopic (exact) mass is 184 g/mol. The maximum atomic E-state index is 11.5. The molecule has 1 aliphatic carbocycles. The van der Waals surface area contributed by atoms with Gasteiger partial charge in [-0.15, -0.1) is 0 Å². The Balaban J connectivity index is 2.38. The molecular formula is C10H20N2O. The van der Waals surface area contributed by atoms with E-state index in [1.54, 1.807) is 0 Å². The average molecular weight is 184 g/mol. The Bertz CT molecular complexity index is 182. The Morgan fingerprint density at radius 1 is 1.54 bits per heavy atom. The Morgan fingerprint density at radius 3 is 2.69 bits per heavy atom. The fraction of sp³-hybridized carbons (Fsp3) is 0.900. The van der Waals surface area contributed by atoms with Crippen molar-refractivity contribution in [3.8, 4) is 0 Å². The van der Waals surface area contributed by atoms with Gasteiger partial charge >= 0.3 is 6.03 Å². The summed E-state index contributed by atoms with van der Waals surface area (Å²) in [5.74, 6) is 0.780. The molecule has 2 atom stereocenters. The smallest absolute Gasteiger partial charge is 0.317 e. The van der Waals surface area contributed by atoms with Gasteiger partial charge in [0.2, 0.25) is 0 Å². The minimum Gasteiger partial charge on any atom is -0.338 e. The van der Waals surface area contributed by atoms with Crippen molar-refractivity contribution in [2.24, 2.45) is 5.92 Å². The minimum atomic E-state index is 0.0709. The number of nitrogens with one attached hydrogen (secondary N) is 1. The molecule has 1 rings (SSSR count). The standard InChI is InChI=1S/C10H20N2O/c1-4-11-10(13)12(3)9-6-5-8(2)7-9/h8-9H,4-7H2,1-3H3,(H,11,13). The second-order valence-corrected chi connectivity index (χ2v) is 4.02. The van der Waals surface area contributed by atoms with E-state index in [0.717, 1.165) is 18.8 Å². The van der Waals surface area contributed by atoms with Crippen LogP contribution in [0.2, 0.25) is 0 Å². The van der Waals surface area contributed by atoms with E-state index >= 15 is 0 Å². The van der Waals surface area contributed by atoms with Crippen LogP contribution in [0.15, 0.2) is 0 Å². The molecule has 0 aromatic carbocycles. The Labute approximate surface area is 80.5 Å². The number of carbonyl (C=O) groups excluding carboxylic acids is 1. The van der Waals surface area contributed by atoms with E-state index in [1.165, 1.54) is 6.42 Å². The number of amides is 2. The lowest BCUT2D eigenvalue weighted by atomic mass is 10.1. The van der Waals surface area contributed by atoms with E-state index in [-0.39, 0.29) is 6.03 Å².